The van der Waals surface area contributed by atoms with Gasteiger partial charge in [0.05, 0.1) is 0 Å². The number of nitrogens with zero attached hydrogens (tertiary/aromatic N) is 4. The normalized spacial score (nSPS) is 14.3. The van der Waals surface area contributed by atoms with Crippen LogP contribution in [0.3, 0.4) is 0 Å². The molecule has 0 fully saturated rings. The van der Waals surface area contributed by atoms with E-state index in [1.54, 1.807) is 0 Å². The molecule has 4 aliphatic heterocycles. The Morgan fingerprint density at radius 2 is 0.710 bits per heavy atom. The van der Waals surface area contributed by atoms with Crippen molar-refractivity contribution in [2.75, 3.05) is 47.8 Å². The summed E-state index contributed by atoms with van der Waals surface area (Å²) in [6.07, 6.45) is 0. The molecule has 6 heteroatoms. The molecule has 0 saturated heterocycles. The van der Waals surface area contributed by atoms with E-state index in [9.17, 15) is 0 Å². The van der Waals surface area contributed by atoms with Crippen molar-refractivity contribution in [3.05, 3.63) is 170 Å². The van der Waals surface area contributed by atoms with E-state index in [0.29, 0.717) is 0 Å². The average molecular weight is 791 g/mol. The van der Waals surface area contributed by atoms with Crippen LogP contribution < -0.4 is 52.4 Å². The fourth-order valence-electron chi connectivity index (χ4n) is 11.9. The molecule has 0 N–H and O–H groups in total. The summed E-state index contributed by atoms with van der Waals surface area (Å²) in [5.74, 6) is 0. The molecule has 10 aromatic carbocycles. The van der Waals surface area contributed by atoms with Crippen LogP contribution in [0.15, 0.2) is 170 Å². The Morgan fingerprint density at radius 3 is 1.32 bits per heavy atom. The number of fused-ring (bicyclic) bond motifs is 13. The number of hydrogen-bond donors (Lipinski definition) is 0. The van der Waals surface area contributed by atoms with Gasteiger partial charge in [0.15, 0.2) is 0 Å². The van der Waals surface area contributed by atoms with E-state index >= 15 is 0 Å². The Kier molecular flexibility index (Phi) is 6.70. The lowest BCUT2D eigenvalue weighted by molar-refractivity contribution is 1.18. The molecule has 4 nitrogen and oxygen atoms in total. The Balaban J connectivity index is 0.965. The first-order chi connectivity index (χ1) is 30.4. The van der Waals surface area contributed by atoms with Gasteiger partial charge >= 0.3 is 0 Å². The molecule has 62 heavy (non-hydrogen) atoms. The topological polar surface area (TPSA) is 13.0 Å². The van der Waals surface area contributed by atoms with Gasteiger partial charge in [-0.2, -0.15) is 0 Å². The molecule has 0 bridgehead atoms. The predicted molar refractivity (Wildman–Crippen MR) is 269 cm³/mol. The lowest BCUT2D eigenvalue weighted by Gasteiger charge is -2.42. The summed E-state index contributed by atoms with van der Waals surface area (Å²) in [6.45, 7) is 0.242. The van der Waals surface area contributed by atoms with Crippen molar-refractivity contribution in [3.63, 3.8) is 0 Å². The summed E-state index contributed by atoms with van der Waals surface area (Å²) in [4.78, 5) is 9.72. The number of hydrogen-bond acceptors (Lipinski definition) is 4. The van der Waals surface area contributed by atoms with Crippen molar-refractivity contribution in [2.24, 2.45) is 0 Å². The summed E-state index contributed by atoms with van der Waals surface area (Å²) < 4.78 is 0. The Bertz CT molecular complexity index is 3540. The molecule has 14 rings (SSSR count). The summed E-state index contributed by atoms with van der Waals surface area (Å²) in [5.41, 5.74) is 20.9. The van der Waals surface area contributed by atoms with Gasteiger partial charge in [-0.15, -0.1) is 0 Å². The van der Waals surface area contributed by atoms with Gasteiger partial charge in [-0.3, -0.25) is 0 Å². The number of rotatable bonds is 1. The zero-order valence-corrected chi connectivity index (χ0v) is 35.1. The van der Waals surface area contributed by atoms with Gasteiger partial charge in [0.25, 0.3) is 13.4 Å². The third-order valence-electron chi connectivity index (χ3n) is 14.9. The second-order valence-corrected chi connectivity index (χ2v) is 17.9. The summed E-state index contributed by atoms with van der Waals surface area (Å²) in [7, 11) is 8.99. The Labute approximate surface area is 362 Å². The van der Waals surface area contributed by atoms with Crippen LogP contribution in [0.25, 0.3) is 54.2 Å². The first kappa shape index (κ1) is 34.3. The first-order valence-electron chi connectivity index (χ1n) is 21.8. The molecule has 0 amide bonds. The fraction of sp³-hybridized carbons (Fsp3) is 0.0714. The predicted octanol–water partition coefficient (Wildman–Crippen LogP) is 9.32. The van der Waals surface area contributed by atoms with Crippen molar-refractivity contribution in [3.8, 4) is 11.1 Å². The average Bonchev–Trinajstić information content (AvgIpc) is 3.31. The highest BCUT2D eigenvalue weighted by molar-refractivity contribution is 7.02. The summed E-state index contributed by atoms with van der Waals surface area (Å²) in [6, 6.07) is 64.6. The smallest absolute Gasteiger partial charge is 0.252 e. The van der Waals surface area contributed by atoms with Gasteiger partial charge in [-0.05, 0) is 142 Å². The maximum absolute atomic E-state index is 2.48. The molecular weight excluding hydrogens is 750 g/mol. The van der Waals surface area contributed by atoms with Crippen LogP contribution >= 0.6 is 0 Å². The van der Waals surface area contributed by atoms with Crippen LogP contribution in [0.1, 0.15) is 0 Å². The van der Waals surface area contributed by atoms with Crippen molar-refractivity contribution in [1.82, 2.24) is 0 Å². The largest absolute Gasteiger partial charge is 0.345 e. The molecular formula is C56H40B2N4. The molecule has 0 radical (unpaired) electrons. The van der Waals surface area contributed by atoms with Gasteiger partial charge in [0, 0.05) is 73.7 Å². The molecule has 0 saturated carbocycles. The van der Waals surface area contributed by atoms with Crippen molar-refractivity contribution in [2.45, 2.75) is 0 Å². The van der Waals surface area contributed by atoms with Gasteiger partial charge in [-0.25, -0.2) is 0 Å². The fourth-order valence-corrected chi connectivity index (χ4v) is 11.9. The lowest BCUT2D eigenvalue weighted by atomic mass is 9.33. The molecule has 10 aromatic rings. The Morgan fingerprint density at radius 1 is 0.274 bits per heavy atom. The van der Waals surface area contributed by atoms with Crippen molar-refractivity contribution < 1.29 is 0 Å². The number of anilines is 8. The minimum Gasteiger partial charge on any atom is -0.345 e. The molecule has 0 atom stereocenters. The zero-order valence-electron chi connectivity index (χ0n) is 35.1. The van der Waals surface area contributed by atoms with E-state index in [4.69, 9.17) is 0 Å². The van der Waals surface area contributed by atoms with Gasteiger partial charge in [0.1, 0.15) is 0 Å². The zero-order chi connectivity index (χ0) is 41.1. The highest BCUT2D eigenvalue weighted by Gasteiger charge is 2.43. The molecule has 0 aromatic heterocycles. The molecule has 0 aliphatic carbocycles. The van der Waals surface area contributed by atoms with Crippen LogP contribution in [0, 0.1) is 0 Å². The molecule has 0 unspecified atom stereocenters. The van der Waals surface area contributed by atoms with Crippen LogP contribution in [0.5, 0.6) is 0 Å². The van der Waals surface area contributed by atoms with E-state index in [1.807, 2.05) is 0 Å². The molecule has 4 heterocycles. The van der Waals surface area contributed by atoms with Gasteiger partial charge < -0.3 is 19.6 Å². The second kappa shape index (κ2) is 12.1. The third-order valence-corrected chi connectivity index (χ3v) is 14.9. The van der Waals surface area contributed by atoms with Gasteiger partial charge in [0.2, 0.25) is 0 Å². The van der Waals surface area contributed by atoms with Crippen LogP contribution in [0.2, 0.25) is 0 Å². The van der Waals surface area contributed by atoms with E-state index in [1.165, 1.54) is 132 Å². The maximum Gasteiger partial charge on any atom is 0.252 e. The van der Waals surface area contributed by atoms with E-state index in [-0.39, 0.29) is 13.4 Å². The number of benzene rings is 10. The van der Waals surface area contributed by atoms with Crippen LogP contribution in [-0.2, 0) is 0 Å². The summed E-state index contributed by atoms with van der Waals surface area (Å²) >= 11 is 0. The molecule has 4 aliphatic rings. The molecule has 290 valence electrons. The monoisotopic (exact) mass is 790 g/mol. The van der Waals surface area contributed by atoms with E-state index < -0.39 is 0 Å². The minimum atomic E-state index is 0.115. The molecule has 0 spiro atoms. The van der Waals surface area contributed by atoms with Crippen LogP contribution in [-0.4, -0.2) is 41.6 Å². The minimum absolute atomic E-state index is 0.115. The van der Waals surface area contributed by atoms with E-state index in [0.717, 1.165) is 0 Å². The quantitative estimate of drug-likeness (QED) is 0.154. The third kappa shape index (κ3) is 4.43. The van der Waals surface area contributed by atoms with E-state index in [2.05, 4.69) is 218 Å². The highest BCUT2D eigenvalue weighted by Crippen LogP contribution is 2.43. The Hall–Kier alpha value is -7.43. The van der Waals surface area contributed by atoms with Crippen molar-refractivity contribution in [1.29, 1.82) is 0 Å². The second-order valence-electron chi connectivity index (χ2n) is 17.9. The first-order valence-corrected chi connectivity index (χ1v) is 21.8. The summed E-state index contributed by atoms with van der Waals surface area (Å²) in [5, 5.41) is 10.2. The van der Waals surface area contributed by atoms with Crippen LogP contribution in [0.4, 0.5) is 45.5 Å². The van der Waals surface area contributed by atoms with Gasteiger partial charge in [-0.1, -0.05) is 115 Å². The SMILES string of the molecule is CN1c2cc3ccccc3cc2B2c3cc4ccccc4cc3N(C)c3cc(-c4ccc5cc6c(cc5c4)N(C)c4cccc5c4B6c4c(ccc6ccccc46)N5C)cc1c32. The highest BCUT2D eigenvalue weighted by atomic mass is 15.2. The lowest BCUT2D eigenvalue weighted by Crippen LogP contribution is -2.61. The maximum atomic E-state index is 2.48. The standard InChI is InChI=1S/C56H40B2N4/c1-59-46-18-11-19-47-55(46)58(54-42-17-10-9-12-33(42)22-23-48(54)59)45-27-39-21-20-38(24-40(39)30-51(45)60(47)2)41-31-52-56-53(32-41)62(4)50-29-37-16-8-6-14-35(37)26-44(50)57(56)43-25-34-13-5-7-15-36(34)28-49(43)61(52)3/h5-32H,1-4H3. The van der Waals surface area contributed by atoms with Crippen molar-refractivity contribution >= 4 is 135 Å².